The number of hydrogen-bond donors (Lipinski definition) is 3. The molecule has 9 heteroatoms. The lowest BCUT2D eigenvalue weighted by Crippen LogP contribution is -3.00. The number of halogens is 1. The average Bonchev–Trinajstić information content (AvgIpc) is 2.49. The summed E-state index contributed by atoms with van der Waals surface area (Å²) in [6.45, 7) is 1.65. The zero-order valence-corrected chi connectivity index (χ0v) is 12.8. The van der Waals surface area contributed by atoms with Crippen LogP contribution in [0.25, 0.3) is 0 Å². The van der Waals surface area contributed by atoms with E-state index in [4.69, 9.17) is 4.84 Å². The molecule has 1 heterocycles. The number of nitro benzene ring substituents is 1. The molecule has 1 aromatic heterocycles. The summed E-state index contributed by atoms with van der Waals surface area (Å²) in [5.74, 6) is -0.219. The molecule has 0 radical (unpaired) electrons. The van der Waals surface area contributed by atoms with Crippen LogP contribution in [0.5, 0.6) is 11.5 Å². The number of pyridine rings is 1. The first-order chi connectivity index (χ1) is 10.5. The Labute approximate surface area is 137 Å². The number of phenols is 1. The highest BCUT2D eigenvalue weighted by atomic mass is 35.5. The van der Waals surface area contributed by atoms with Crippen molar-refractivity contribution >= 4 is 11.4 Å². The van der Waals surface area contributed by atoms with Gasteiger partial charge < -0.3 is 22.6 Å². The minimum atomic E-state index is -0.593. The molecule has 1 aromatic carbocycles. The predicted molar refractivity (Wildman–Crippen MR) is 76.2 cm³/mol. The van der Waals surface area contributed by atoms with Gasteiger partial charge in [0, 0.05) is 24.8 Å². The second kappa shape index (κ2) is 7.95. The van der Waals surface area contributed by atoms with Gasteiger partial charge in [-0.25, -0.2) is 4.98 Å². The van der Waals surface area contributed by atoms with Crippen molar-refractivity contribution in [3.05, 3.63) is 57.9 Å². The molecule has 2 rings (SSSR count). The van der Waals surface area contributed by atoms with Crippen LogP contribution in [0.4, 0.5) is 5.69 Å². The number of phenolic OH excluding ortho intramolecular Hbond substituents is 1. The van der Waals surface area contributed by atoms with Crippen LogP contribution in [0, 0.1) is 10.1 Å². The number of hydrogen-bond acceptors (Lipinski definition) is 6. The standard InChI is InChI=1S/C14H13N3O5.ClH/c1-9(14-12(18)3-2-6-15-14)16-22-8-10-4-5-11(17(20)21)7-13(10)19;/h2-7,18-19H,8H2,1H3;1H. The third-order valence-electron chi connectivity index (χ3n) is 2.87. The summed E-state index contributed by atoms with van der Waals surface area (Å²) in [6.07, 6.45) is 1.53. The van der Waals surface area contributed by atoms with E-state index in [9.17, 15) is 20.3 Å². The van der Waals surface area contributed by atoms with E-state index in [1.165, 1.54) is 24.4 Å². The van der Waals surface area contributed by atoms with Crippen LogP contribution in [0.2, 0.25) is 0 Å². The summed E-state index contributed by atoms with van der Waals surface area (Å²) >= 11 is 0. The molecule has 0 aliphatic rings. The highest BCUT2D eigenvalue weighted by Gasteiger charge is 2.13. The minimum absolute atomic E-state index is 0. The number of aromatic hydroxyl groups is 2. The number of rotatable bonds is 5. The van der Waals surface area contributed by atoms with Gasteiger partial charge in [-0.05, 0) is 23.4 Å². The fraction of sp³-hybridized carbons (Fsp3) is 0.143. The summed E-state index contributed by atoms with van der Waals surface area (Å²) in [7, 11) is 0. The van der Waals surface area contributed by atoms with Crippen molar-refractivity contribution in [3.8, 4) is 11.5 Å². The SMILES string of the molecule is CC(=[NH+]OCc1ccc([N+](=O)[O-])cc1O)c1ncccc1O.[Cl-]. The van der Waals surface area contributed by atoms with Crippen LogP contribution in [-0.4, -0.2) is 25.8 Å². The van der Waals surface area contributed by atoms with Crippen LogP contribution in [0.1, 0.15) is 18.2 Å². The maximum atomic E-state index is 10.6. The van der Waals surface area contributed by atoms with Crippen molar-refractivity contribution in [2.45, 2.75) is 13.5 Å². The Kier molecular flexibility index (Phi) is 6.28. The molecule has 3 N–H and O–H groups in total. The summed E-state index contributed by atoms with van der Waals surface area (Å²) in [4.78, 5) is 19.2. The Bertz CT molecular complexity index is 736. The first-order valence-corrected chi connectivity index (χ1v) is 6.31. The smallest absolute Gasteiger partial charge is 0.273 e. The molecule has 23 heavy (non-hydrogen) atoms. The van der Waals surface area contributed by atoms with Crippen molar-refractivity contribution < 1.29 is 37.5 Å². The largest absolute Gasteiger partial charge is 1.00 e. The van der Waals surface area contributed by atoms with Crippen molar-refractivity contribution in [2.75, 3.05) is 0 Å². The molecule has 2 aromatic rings. The molecule has 8 nitrogen and oxygen atoms in total. The normalized spacial score (nSPS) is 10.7. The highest BCUT2D eigenvalue weighted by Crippen LogP contribution is 2.23. The number of nitrogens with zero attached hydrogens (tertiary/aromatic N) is 2. The highest BCUT2D eigenvalue weighted by molar-refractivity contribution is 5.94. The number of benzene rings is 1. The van der Waals surface area contributed by atoms with Crippen molar-refractivity contribution in [1.29, 1.82) is 0 Å². The third kappa shape index (κ3) is 4.55. The third-order valence-corrected chi connectivity index (χ3v) is 2.87. The quantitative estimate of drug-likeness (QED) is 0.313. The lowest BCUT2D eigenvalue weighted by atomic mass is 10.2. The van der Waals surface area contributed by atoms with E-state index < -0.39 is 4.92 Å². The van der Waals surface area contributed by atoms with E-state index in [1.807, 2.05) is 0 Å². The van der Waals surface area contributed by atoms with E-state index in [2.05, 4.69) is 10.1 Å². The predicted octanol–water partition coefficient (Wildman–Crippen LogP) is -2.57. The molecule has 0 fully saturated rings. The minimum Gasteiger partial charge on any atom is -1.00 e. The summed E-state index contributed by atoms with van der Waals surface area (Å²) < 4.78 is 0. The van der Waals surface area contributed by atoms with Gasteiger partial charge in [0.25, 0.3) is 11.4 Å². The van der Waals surface area contributed by atoms with Crippen LogP contribution in [0.15, 0.2) is 36.5 Å². The molecular formula is C14H14ClN3O5. The first kappa shape index (κ1) is 18.2. The Morgan fingerprint density at radius 1 is 1.35 bits per heavy atom. The van der Waals surface area contributed by atoms with Crippen molar-refractivity contribution in [1.82, 2.24) is 4.98 Å². The number of nitrogens with one attached hydrogen (secondary N) is 1. The lowest BCUT2D eigenvalue weighted by molar-refractivity contribution is -0.758. The van der Waals surface area contributed by atoms with Gasteiger partial charge in [-0.1, -0.05) is 0 Å². The molecule has 0 spiro atoms. The maximum Gasteiger partial charge on any atom is 0.273 e. The fourth-order valence-electron chi connectivity index (χ4n) is 1.74. The average molecular weight is 340 g/mol. The molecule has 122 valence electrons. The molecule has 0 saturated carbocycles. The van der Waals surface area contributed by atoms with E-state index in [-0.39, 0.29) is 36.2 Å². The molecule has 0 atom stereocenters. The maximum absolute atomic E-state index is 10.6. The van der Waals surface area contributed by atoms with Crippen LogP contribution >= 0.6 is 0 Å². The lowest BCUT2D eigenvalue weighted by Gasteiger charge is -2.01. The van der Waals surface area contributed by atoms with Gasteiger partial charge in [0.05, 0.1) is 11.0 Å². The van der Waals surface area contributed by atoms with E-state index in [0.29, 0.717) is 17.0 Å². The summed E-state index contributed by atoms with van der Waals surface area (Å²) in [5.41, 5.74) is 1.02. The van der Waals surface area contributed by atoms with Gasteiger partial charge in [0.2, 0.25) is 0 Å². The second-order valence-electron chi connectivity index (χ2n) is 4.46. The molecule has 0 aliphatic heterocycles. The fourth-order valence-corrected chi connectivity index (χ4v) is 1.74. The molecular weight excluding hydrogens is 326 g/mol. The number of aromatic nitrogens is 1. The van der Waals surface area contributed by atoms with Gasteiger partial charge in [-0.3, -0.25) is 15.0 Å². The van der Waals surface area contributed by atoms with E-state index >= 15 is 0 Å². The number of non-ortho nitro benzene ring substituents is 1. The van der Waals surface area contributed by atoms with Gasteiger partial charge in [-0.2, -0.15) is 0 Å². The van der Waals surface area contributed by atoms with E-state index in [1.54, 1.807) is 13.0 Å². The second-order valence-corrected chi connectivity index (χ2v) is 4.46. The Balaban J connectivity index is 0.00000264. The Morgan fingerprint density at radius 2 is 2.09 bits per heavy atom. The Hall–Kier alpha value is -2.87. The zero-order valence-electron chi connectivity index (χ0n) is 12.1. The van der Waals surface area contributed by atoms with Crippen LogP contribution in [0.3, 0.4) is 0 Å². The van der Waals surface area contributed by atoms with Gasteiger partial charge >= 0.3 is 0 Å². The zero-order chi connectivity index (χ0) is 16.1. The Morgan fingerprint density at radius 3 is 2.70 bits per heavy atom. The van der Waals surface area contributed by atoms with Crippen molar-refractivity contribution in [3.63, 3.8) is 0 Å². The topological polar surface area (TPSA) is 120 Å². The first-order valence-electron chi connectivity index (χ1n) is 6.31. The molecule has 0 amide bonds. The molecule has 0 saturated heterocycles. The van der Waals surface area contributed by atoms with Gasteiger partial charge in [0.15, 0.2) is 12.3 Å². The summed E-state index contributed by atoms with van der Waals surface area (Å²) in [5, 5.41) is 32.5. The van der Waals surface area contributed by atoms with E-state index in [0.717, 1.165) is 6.07 Å². The molecule has 0 bridgehead atoms. The molecule has 0 unspecified atom stereocenters. The monoisotopic (exact) mass is 339 g/mol. The molecule has 0 aliphatic carbocycles. The summed E-state index contributed by atoms with van der Waals surface area (Å²) in [6, 6.07) is 6.83. The van der Waals surface area contributed by atoms with Crippen molar-refractivity contribution in [2.24, 2.45) is 0 Å². The van der Waals surface area contributed by atoms with Crippen LogP contribution in [-0.2, 0) is 11.4 Å². The van der Waals surface area contributed by atoms with Gasteiger partial charge in [-0.15, -0.1) is 0 Å². The van der Waals surface area contributed by atoms with Gasteiger partial charge in [0.1, 0.15) is 11.5 Å². The number of nitro groups is 1. The van der Waals surface area contributed by atoms with Crippen LogP contribution < -0.4 is 17.6 Å².